The van der Waals surface area contributed by atoms with Gasteiger partial charge in [-0.1, -0.05) is 30.7 Å². The van der Waals surface area contributed by atoms with Crippen LogP contribution < -0.4 is 15.4 Å². The summed E-state index contributed by atoms with van der Waals surface area (Å²) in [6.45, 7) is 0. The lowest BCUT2D eigenvalue weighted by molar-refractivity contribution is -0.122. The molecule has 0 unspecified atom stereocenters. The van der Waals surface area contributed by atoms with Crippen LogP contribution in [0.1, 0.15) is 29.6 Å². The average Bonchev–Trinajstić information content (AvgIpc) is 2.54. The van der Waals surface area contributed by atoms with Crippen LogP contribution in [0.3, 0.4) is 0 Å². The molecule has 1 aliphatic rings. The van der Waals surface area contributed by atoms with Crippen LogP contribution in [0.25, 0.3) is 0 Å². The molecule has 0 saturated heterocycles. The normalized spacial score (nSPS) is 13.7. The highest BCUT2D eigenvalue weighted by molar-refractivity contribution is 6.10. The zero-order valence-electron chi connectivity index (χ0n) is 13.5. The van der Waals surface area contributed by atoms with Crippen LogP contribution in [0.2, 0.25) is 0 Å². The minimum absolute atomic E-state index is 0.0150. The van der Waals surface area contributed by atoms with Crippen molar-refractivity contribution in [3.8, 4) is 5.75 Å². The monoisotopic (exact) mass is 324 g/mol. The van der Waals surface area contributed by atoms with E-state index in [4.69, 9.17) is 4.74 Å². The Bertz CT molecular complexity index is 754. The highest BCUT2D eigenvalue weighted by atomic mass is 16.5. The summed E-state index contributed by atoms with van der Waals surface area (Å²) in [7, 11) is 1.55. The number of rotatable bonds is 5. The second-order valence-corrected chi connectivity index (χ2v) is 5.82. The standard InChI is InChI=1S/C19H20N2O3/c1-24-17-12-5-4-11-16(17)21-19(23)14-9-2-3-10-15(14)20-18(22)13-7-6-8-13/h2-5,9-13H,6-8H2,1H3,(H,20,22)(H,21,23). The zero-order valence-corrected chi connectivity index (χ0v) is 13.5. The molecule has 2 amide bonds. The molecule has 2 aromatic rings. The Morgan fingerprint density at radius 1 is 0.958 bits per heavy atom. The molecule has 124 valence electrons. The number of hydrogen-bond donors (Lipinski definition) is 2. The minimum Gasteiger partial charge on any atom is -0.495 e. The molecule has 1 saturated carbocycles. The molecule has 1 fully saturated rings. The topological polar surface area (TPSA) is 67.4 Å². The minimum atomic E-state index is -0.288. The maximum absolute atomic E-state index is 12.6. The lowest BCUT2D eigenvalue weighted by Crippen LogP contribution is -2.29. The van der Waals surface area contributed by atoms with Crippen LogP contribution in [-0.4, -0.2) is 18.9 Å². The van der Waals surface area contributed by atoms with E-state index in [2.05, 4.69) is 10.6 Å². The molecule has 0 spiro atoms. The van der Waals surface area contributed by atoms with E-state index in [9.17, 15) is 9.59 Å². The first-order valence-electron chi connectivity index (χ1n) is 8.03. The van der Waals surface area contributed by atoms with Gasteiger partial charge in [-0.3, -0.25) is 9.59 Å². The highest BCUT2D eigenvalue weighted by Gasteiger charge is 2.26. The van der Waals surface area contributed by atoms with E-state index < -0.39 is 0 Å². The third-order valence-electron chi connectivity index (χ3n) is 4.26. The van der Waals surface area contributed by atoms with Gasteiger partial charge in [-0.2, -0.15) is 0 Å². The van der Waals surface area contributed by atoms with Crippen molar-refractivity contribution in [2.45, 2.75) is 19.3 Å². The molecule has 2 N–H and O–H groups in total. The van der Waals surface area contributed by atoms with E-state index in [1.807, 2.05) is 12.1 Å². The van der Waals surface area contributed by atoms with Crippen molar-refractivity contribution in [2.24, 2.45) is 5.92 Å². The first-order chi connectivity index (χ1) is 11.7. The first-order valence-corrected chi connectivity index (χ1v) is 8.03. The molecule has 0 atom stereocenters. The van der Waals surface area contributed by atoms with Crippen molar-refractivity contribution in [2.75, 3.05) is 17.7 Å². The molecule has 0 bridgehead atoms. The summed E-state index contributed by atoms with van der Waals surface area (Å²) in [6.07, 6.45) is 2.93. The number of para-hydroxylation sites is 3. The molecule has 0 radical (unpaired) electrons. The third kappa shape index (κ3) is 3.40. The smallest absolute Gasteiger partial charge is 0.257 e. The summed E-state index contributed by atoms with van der Waals surface area (Å²) in [6, 6.07) is 14.2. The van der Waals surface area contributed by atoms with Gasteiger partial charge in [-0.05, 0) is 37.1 Å². The van der Waals surface area contributed by atoms with E-state index in [0.717, 1.165) is 19.3 Å². The van der Waals surface area contributed by atoms with Gasteiger partial charge in [0.05, 0.1) is 24.0 Å². The third-order valence-corrected chi connectivity index (χ3v) is 4.26. The van der Waals surface area contributed by atoms with Gasteiger partial charge in [0.25, 0.3) is 5.91 Å². The van der Waals surface area contributed by atoms with Gasteiger partial charge in [0, 0.05) is 5.92 Å². The Hall–Kier alpha value is -2.82. The number of amides is 2. The van der Waals surface area contributed by atoms with Crippen LogP contribution in [0.15, 0.2) is 48.5 Å². The zero-order chi connectivity index (χ0) is 16.9. The van der Waals surface area contributed by atoms with Gasteiger partial charge < -0.3 is 15.4 Å². The predicted octanol–water partition coefficient (Wildman–Crippen LogP) is 3.69. The molecule has 1 aliphatic carbocycles. The van der Waals surface area contributed by atoms with Crippen LogP contribution in [-0.2, 0) is 4.79 Å². The van der Waals surface area contributed by atoms with Crippen LogP contribution in [0, 0.1) is 5.92 Å². The fraction of sp³-hybridized carbons (Fsp3) is 0.263. The summed E-state index contributed by atoms with van der Waals surface area (Å²) in [4.78, 5) is 24.8. The van der Waals surface area contributed by atoms with Crippen molar-refractivity contribution < 1.29 is 14.3 Å². The Balaban J connectivity index is 1.78. The Morgan fingerprint density at radius 2 is 1.62 bits per heavy atom. The second-order valence-electron chi connectivity index (χ2n) is 5.82. The summed E-state index contributed by atoms with van der Waals surface area (Å²) in [5, 5.41) is 5.71. The van der Waals surface area contributed by atoms with Crippen molar-refractivity contribution in [1.82, 2.24) is 0 Å². The number of anilines is 2. The lowest BCUT2D eigenvalue weighted by Gasteiger charge is -2.24. The van der Waals surface area contributed by atoms with Gasteiger partial charge in [0.1, 0.15) is 5.75 Å². The molecule has 0 aliphatic heterocycles. The van der Waals surface area contributed by atoms with E-state index in [0.29, 0.717) is 22.7 Å². The Labute approximate surface area is 141 Å². The highest BCUT2D eigenvalue weighted by Crippen LogP contribution is 2.29. The molecule has 2 aromatic carbocycles. The van der Waals surface area contributed by atoms with Gasteiger partial charge in [-0.15, -0.1) is 0 Å². The van der Waals surface area contributed by atoms with E-state index in [-0.39, 0.29) is 17.7 Å². The first kappa shape index (κ1) is 16.1. The molecule has 5 heteroatoms. The largest absolute Gasteiger partial charge is 0.495 e. The lowest BCUT2D eigenvalue weighted by atomic mass is 9.85. The van der Waals surface area contributed by atoms with E-state index in [1.165, 1.54) is 0 Å². The van der Waals surface area contributed by atoms with E-state index >= 15 is 0 Å². The fourth-order valence-corrected chi connectivity index (χ4v) is 2.63. The quantitative estimate of drug-likeness (QED) is 0.881. The number of hydrogen-bond acceptors (Lipinski definition) is 3. The SMILES string of the molecule is COc1ccccc1NC(=O)c1ccccc1NC(=O)C1CCC1. The summed E-state index contributed by atoms with van der Waals surface area (Å²) in [5.41, 5.74) is 1.54. The number of carbonyl (C=O) groups excluding carboxylic acids is 2. The summed E-state index contributed by atoms with van der Waals surface area (Å²) in [5.74, 6) is 0.347. The van der Waals surface area contributed by atoms with Gasteiger partial charge in [-0.25, -0.2) is 0 Å². The second kappa shape index (κ2) is 7.17. The molecule has 24 heavy (non-hydrogen) atoms. The summed E-state index contributed by atoms with van der Waals surface area (Å²) >= 11 is 0. The maximum Gasteiger partial charge on any atom is 0.257 e. The molecule has 0 aromatic heterocycles. The predicted molar refractivity (Wildman–Crippen MR) is 93.4 cm³/mol. The van der Waals surface area contributed by atoms with Crippen LogP contribution in [0.4, 0.5) is 11.4 Å². The van der Waals surface area contributed by atoms with Crippen molar-refractivity contribution in [1.29, 1.82) is 0 Å². The van der Waals surface area contributed by atoms with Crippen LogP contribution in [0.5, 0.6) is 5.75 Å². The number of nitrogens with one attached hydrogen (secondary N) is 2. The number of benzene rings is 2. The van der Waals surface area contributed by atoms with Crippen molar-refractivity contribution >= 4 is 23.2 Å². The molecule has 5 nitrogen and oxygen atoms in total. The number of methoxy groups -OCH3 is 1. The van der Waals surface area contributed by atoms with Gasteiger partial charge >= 0.3 is 0 Å². The number of ether oxygens (including phenoxy) is 1. The molecular weight excluding hydrogens is 304 g/mol. The van der Waals surface area contributed by atoms with Gasteiger partial charge in [0.2, 0.25) is 5.91 Å². The van der Waals surface area contributed by atoms with Crippen molar-refractivity contribution in [3.63, 3.8) is 0 Å². The summed E-state index contributed by atoms with van der Waals surface area (Å²) < 4.78 is 5.25. The van der Waals surface area contributed by atoms with Crippen LogP contribution >= 0.6 is 0 Å². The molecule has 3 rings (SSSR count). The van der Waals surface area contributed by atoms with Crippen molar-refractivity contribution in [3.05, 3.63) is 54.1 Å². The van der Waals surface area contributed by atoms with Gasteiger partial charge in [0.15, 0.2) is 0 Å². The maximum atomic E-state index is 12.6. The molecular formula is C19H20N2O3. The number of carbonyl (C=O) groups is 2. The molecule has 0 heterocycles. The Morgan fingerprint density at radius 3 is 2.29 bits per heavy atom. The van der Waals surface area contributed by atoms with E-state index in [1.54, 1.807) is 43.5 Å². The Kier molecular flexibility index (Phi) is 4.79. The average molecular weight is 324 g/mol. The fourth-order valence-electron chi connectivity index (χ4n) is 2.63.